The molecule has 30 heavy (non-hydrogen) atoms. The Bertz CT molecular complexity index is 947. The molecule has 1 amide bonds. The number of hydrogen-bond acceptors (Lipinski definition) is 5. The maximum Gasteiger partial charge on any atom is 0.229 e. The Morgan fingerprint density at radius 3 is 2.30 bits per heavy atom. The van der Waals surface area contributed by atoms with Gasteiger partial charge in [0, 0.05) is 30.2 Å². The molecule has 0 spiro atoms. The number of hydrogen-bond donors (Lipinski definition) is 0. The first-order valence-electron chi connectivity index (χ1n) is 9.86. The van der Waals surface area contributed by atoms with Crippen LogP contribution in [0.1, 0.15) is 23.1 Å². The van der Waals surface area contributed by atoms with Gasteiger partial charge in [-0.3, -0.25) is 9.69 Å². The second kappa shape index (κ2) is 11.1. The zero-order chi connectivity index (χ0) is 21.0. The highest BCUT2D eigenvalue weighted by Crippen LogP contribution is 2.33. The van der Waals surface area contributed by atoms with E-state index < -0.39 is 0 Å². The number of thiazole rings is 1. The fourth-order valence-corrected chi connectivity index (χ4v) is 5.01. The largest absolute Gasteiger partial charge is 0.308 e. The molecule has 0 N–H and O–H groups in total. The summed E-state index contributed by atoms with van der Waals surface area (Å²) < 4.78 is 1.18. The van der Waals surface area contributed by atoms with Crippen molar-refractivity contribution >= 4 is 56.8 Å². The number of carbonyl (C=O) groups excluding carboxylic acids is 1. The van der Waals surface area contributed by atoms with Crippen molar-refractivity contribution in [2.75, 3.05) is 37.8 Å². The van der Waals surface area contributed by atoms with Crippen LogP contribution in [0.4, 0.5) is 5.13 Å². The molecule has 0 unspecified atom stereocenters. The van der Waals surface area contributed by atoms with E-state index in [0.717, 1.165) is 28.5 Å². The van der Waals surface area contributed by atoms with Crippen LogP contribution in [-0.4, -0.2) is 48.7 Å². The normalized spacial score (nSPS) is 11.0. The van der Waals surface area contributed by atoms with Crippen molar-refractivity contribution in [2.45, 2.75) is 32.1 Å². The lowest BCUT2D eigenvalue weighted by molar-refractivity contribution is -0.118. The third kappa shape index (κ3) is 6.20. The van der Waals surface area contributed by atoms with Gasteiger partial charge in [0.05, 0.1) is 10.2 Å². The van der Waals surface area contributed by atoms with Gasteiger partial charge in [0.1, 0.15) is 0 Å². The second-order valence-corrected chi connectivity index (χ2v) is 9.78. The zero-order valence-corrected chi connectivity index (χ0v) is 20.7. The Morgan fingerprint density at radius 2 is 1.67 bits per heavy atom. The predicted octanol–water partition coefficient (Wildman–Crippen LogP) is 5.72. The number of nitrogens with zero attached hydrogens (tertiary/aromatic N) is 3. The SMILES string of the molecule is Cc1ccc(SCCC(=O)N(CCN(C)C)c2nc3c(C)ccc(C)c3s2)cc1.Cl. The van der Waals surface area contributed by atoms with E-state index in [1.165, 1.54) is 20.7 Å². The summed E-state index contributed by atoms with van der Waals surface area (Å²) in [5.41, 5.74) is 4.63. The number of thioether (sulfide) groups is 1. The molecule has 0 radical (unpaired) electrons. The van der Waals surface area contributed by atoms with E-state index in [1.54, 1.807) is 23.1 Å². The van der Waals surface area contributed by atoms with Gasteiger partial charge in [-0.2, -0.15) is 0 Å². The minimum Gasteiger partial charge on any atom is -0.308 e. The third-order valence-corrected chi connectivity index (χ3v) is 7.07. The average molecular weight is 464 g/mol. The molecule has 4 nitrogen and oxygen atoms in total. The van der Waals surface area contributed by atoms with Crippen LogP contribution in [0.25, 0.3) is 10.2 Å². The monoisotopic (exact) mass is 463 g/mol. The van der Waals surface area contributed by atoms with E-state index in [0.29, 0.717) is 13.0 Å². The summed E-state index contributed by atoms with van der Waals surface area (Å²) >= 11 is 3.36. The Balaban J connectivity index is 0.00000320. The van der Waals surface area contributed by atoms with Gasteiger partial charge in [0.25, 0.3) is 0 Å². The summed E-state index contributed by atoms with van der Waals surface area (Å²) in [7, 11) is 4.06. The van der Waals surface area contributed by atoms with Crippen LogP contribution in [0.5, 0.6) is 0 Å². The summed E-state index contributed by atoms with van der Waals surface area (Å²) in [6, 6.07) is 12.7. The molecule has 0 aliphatic rings. The minimum absolute atomic E-state index is 0. The molecule has 0 fully saturated rings. The first kappa shape index (κ1) is 24.7. The molecule has 0 saturated heterocycles. The van der Waals surface area contributed by atoms with Crippen LogP contribution < -0.4 is 4.90 Å². The number of fused-ring (bicyclic) bond motifs is 1. The Morgan fingerprint density at radius 1 is 1.00 bits per heavy atom. The molecule has 0 bridgehead atoms. The quantitative estimate of drug-likeness (QED) is 0.400. The van der Waals surface area contributed by atoms with Gasteiger partial charge >= 0.3 is 0 Å². The number of aryl methyl sites for hydroxylation is 3. The van der Waals surface area contributed by atoms with Crippen molar-refractivity contribution in [1.29, 1.82) is 0 Å². The summed E-state index contributed by atoms with van der Waals surface area (Å²) in [5, 5.41) is 0.810. The zero-order valence-electron chi connectivity index (χ0n) is 18.3. The van der Waals surface area contributed by atoms with Gasteiger partial charge < -0.3 is 4.90 Å². The van der Waals surface area contributed by atoms with Gasteiger partial charge in [-0.1, -0.05) is 41.2 Å². The molecule has 3 aromatic rings. The number of benzene rings is 2. The van der Waals surface area contributed by atoms with Crippen molar-refractivity contribution in [3.05, 3.63) is 53.1 Å². The Labute approximate surface area is 194 Å². The van der Waals surface area contributed by atoms with Crippen molar-refractivity contribution in [3.8, 4) is 0 Å². The standard InChI is InChI=1S/C23H29N3OS2.ClH/c1-16-6-10-19(11-7-16)28-15-12-20(27)26(14-13-25(4)5)23-24-21-17(2)8-9-18(3)22(21)29-23;/h6-11H,12-15H2,1-5H3;1H. The first-order valence-corrected chi connectivity index (χ1v) is 11.7. The third-order valence-electron chi connectivity index (χ3n) is 4.84. The molecule has 7 heteroatoms. The molecule has 0 aliphatic carbocycles. The lowest BCUT2D eigenvalue weighted by atomic mass is 10.1. The summed E-state index contributed by atoms with van der Waals surface area (Å²) in [5.74, 6) is 0.907. The smallest absolute Gasteiger partial charge is 0.229 e. The topological polar surface area (TPSA) is 36.4 Å². The van der Waals surface area contributed by atoms with Gasteiger partial charge in [-0.25, -0.2) is 4.98 Å². The maximum atomic E-state index is 13.1. The van der Waals surface area contributed by atoms with E-state index in [2.05, 4.69) is 62.1 Å². The van der Waals surface area contributed by atoms with E-state index >= 15 is 0 Å². The number of carbonyl (C=O) groups is 1. The molecule has 0 atom stereocenters. The fraction of sp³-hybridized carbons (Fsp3) is 0.391. The summed E-state index contributed by atoms with van der Waals surface area (Å²) in [6.07, 6.45) is 0.500. The lowest BCUT2D eigenvalue weighted by Gasteiger charge is -2.22. The van der Waals surface area contributed by atoms with Crippen LogP contribution >= 0.6 is 35.5 Å². The predicted molar refractivity (Wildman–Crippen MR) is 134 cm³/mol. The second-order valence-electron chi connectivity index (χ2n) is 7.63. The van der Waals surface area contributed by atoms with E-state index in [1.807, 2.05) is 19.0 Å². The molecule has 3 rings (SSSR count). The number of anilines is 1. The fourth-order valence-electron chi connectivity index (χ4n) is 3.02. The molecule has 162 valence electrons. The van der Waals surface area contributed by atoms with Crippen molar-refractivity contribution in [1.82, 2.24) is 9.88 Å². The van der Waals surface area contributed by atoms with E-state index in [9.17, 15) is 4.79 Å². The number of likely N-dealkylation sites (N-methyl/N-ethyl adjacent to an activating group) is 1. The van der Waals surface area contributed by atoms with Crippen LogP contribution in [0, 0.1) is 20.8 Å². The molecule has 0 aliphatic heterocycles. The van der Waals surface area contributed by atoms with Crippen molar-refractivity contribution in [2.24, 2.45) is 0 Å². The minimum atomic E-state index is 0. The first-order chi connectivity index (χ1) is 13.8. The van der Waals surface area contributed by atoms with Gasteiger partial charge in [0.2, 0.25) is 5.91 Å². The Hall–Kier alpha value is -1.60. The van der Waals surface area contributed by atoms with Crippen LogP contribution in [0.15, 0.2) is 41.3 Å². The average Bonchev–Trinajstić information content (AvgIpc) is 3.13. The van der Waals surface area contributed by atoms with Crippen LogP contribution in [0.3, 0.4) is 0 Å². The highest BCUT2D eigenvalue weighted by molar-refractivity contribution is 7.99. The van der Waals surface area contributed by atoms with Crippen LogP contribution in [0.2, 0.25) is 0 Å². The molecule has 1 aromatic heterocycles. The number of aromatic nitrogens is 1. The molecule has 2 aromatic carbocycles. The highest BCUT2D eigenvalue weighted by Gasteiger charge is 2.20. The van der Waals surface area contributed by atoms with E-state index in [-0.39, 0.29) is 18.3 Å². The lowest BCUT2D eigenvalue weighted by Crippen LogP contribution is -2.36. The Kier molecular flexibility index (Phi) is 9.16. The van der Waals surface area contributed by atoms with Crippen LogP contribution in [-0.2, 0) is 4.79 Å². The van der Waals surface area contributed by atoms with Gasteiger partial charge in [-0.05, 0) is 58.1 Å². The van der Waals surface area contributed by atoms with Crippen molar-refractivity contribution in [3.63, 3.8) is 0 Å². The van der Waals surface area contributed by atoms with Crippen molar-refractivity contribution < 1.29 is 4.79 Å². The highest BCUT2D eigenvalue weighted by atomic mass is 35.5. The van der Waals surface area contributed by atoms with Gasteiger partial charge in [0.15, 0.2) is 5.13 Å². The number of halogens is 1. The van der Waals surface area contributed by atoms with Gasteiger partial charge in [-0.15, -0.1) is 24.2 Å². The molecule has 0 saturated carbocycles. The van der Waals surface area contributed by atoms with E-state index in [4.69, 9.17) is 4.98 Å². The molecular formula is C23H30ClN3OS2. The maximum absolute atomic E-state index is 13.1. The number of rotatable bonds is 8. The summed E-state index contributed by atoms with van der Waals surface area (Å²) in [4.78, 5) is 23.1. The number of amides is 1. The molecular weight excluding hydrogens is 434 g/mol. The summed E-state index contributed by atoms with van der Waals surface area (Å²) in [6.45, 7) is 7.73. The molecule has 1 heterocycles.